The van der Waals surface area contributed by atoms with E-state index in [4.69, 9.17) is 14.5 Å². The van der Waals surface area contributed by atoms with Gasteiger partial charge in [-0.15, -0.1) is 0 Å². The molecule has 2 heterocycles. The zero-order valence-electron chi connectivity index (χ0n) is 21.9. The number of pyridine rings is 2. The lowest BCUT2D eigenvalue weighted by molar-refractivity contribution is 0.0518. The molecule has 0 fully saturated rings. The molecule has 4 rings (SSSR count). The Labute approximate surface area is 230 Å². The van der Waals surface area contributed by atoms with Crippen LogP contribution >= 0.6 is 15.9 Å². The third-order valence-corrected chi connectivity index (χ3v) is 7.64. The van der Waals surface area contributed by atoms with Crippen molar-refractivity contribution in [3.63, 3.8) is 0 Å². The largest absolute Gasteiger partial charge is 0.485 e. The van der Waals surface area contributed by atoms with Gasteiger partial charge in [0, 0.05) is 17.2 Å². The van der Waals surface area contributed by atoms with E-state index in [1.807, 2.05) is 36.4 Å². The zero-order valence-corrected chi connectivity index (χ0v) is 23.5. The van der Waals surface area contributed by atoms with Crippen LogP contribution in [0.25, 0.3) is 11.0 Å². The van der Waals surface area contributed by atoms with E-state index in [1.54, 1.807) is 23.8 Å². The smallest absolute Gasteiger partial charge is 0.347 e. The first-order chi connectivity index (χ1) is 18.3. The second-order valence-corrected chi connectivity index (χ2v) is 10.4. The Morgan fingerprint density at radius 2 is 2.03 bits per heavy atom. The second-order valence-electron chi connectivity index (χ2n) is 9.57. The fraction of sp³-hybridized carbons (Fsp3) is 0.367. The predicted molar refractivity (Wildman–Crippen MR) is 150 cm³/mol. The lowest BCUT2D eigenvalue weighted by atomic mass is 9.93. The van der Waals surface area contributed by atoms with Crippen LogP contribution < -0.4 is 10.3 Å². The summed E-state index contributed by atoms with van der Waals surface area (Å²) in [5.41, 5.74) is 2.14. The lowest BCUT2D eigenvalue weighted by Crippen LogP contribution is -2.31. The summed E-state index contributed by atoms with van der Waals surface area (Å²) in [5.74, 6) is -0.573. The summed E-state index contributed by atoms with van der Waals surface area (Å²) in [4.78, 5) is 31.8. The Hall–Kier alpha value is -3.26. The van der Waals surface area contributed by atoms with Crippen LogP contribution in [0.2, 0.25) is 0 Å². The number of carbonyl (C=O) groups is 1. The summed E-state index contributed by atoms with van der Waals surface area (Å²) in [6, 6.07) is 9.52. The maximum Gasteiger partial charge on any atom is 0.347 e. The van der Waals surface area contributed by atoms with Crippen molar-refractivity contribution in [3.8, 4) is 5.75 Å². The molecule has 3 aromatic rings. The zero-order chi connectivity index (χ0) is 27.2. The van der Waals surface area contributed by atoms with Gasteiger partial charge >= 0.3 is 5.97 Å². The van der Waals surface area contributed by atoms with Crippen molar-refractivity contribution in [1.29, 1.82) is 0 Å². The number of allylic oxidation sites excluding steroid dienone is 4. The van der Waals surface area contributed by atoms with Crippen LogP contribution in [0.5, 0.6) is 5.75 Å². The summed E-state index contributed by atoms with van der Waals surface area (Å²) in [7, 11) is 0. The normalized spacial score (nSPS) is 15.8. The average molecular weight is 583 g/mol. The molecule has 38 heavy (non-hydrogen) atoms. The SMILES string of the molecule is CCOC(=O)c1c(OCc2ccccc2)c2ncc(CC3C=CC(F)=CC3)c(Br)c2n(CC(C)CC)c1=O. The third kappa shape index (κ3) is 6.07. The van der Waals surface area contributed by atoms with Crippen molar-refractivity contribution in [3.05, 3.63) is 92.1 Å². The van der Waals surface area contributed by atoms with E-state index < -0.39 is 11.5 Å². The van der Waals surface area contributed by atoms with Crippen molar-refractivity contribution in [2.75, 3.05) is 6.61 Å². The van der Waals surface area contributed by atoms with Gasteiger partial charge in [0.2, 0.25) is 0 Å². The quantitative estimate of drug-likeness (QED) is 0.242. The van der Waals surface area contributed by atoms with Crippen LogP contribution in [0.15, 0.2) is 69.9 Å². The van der Waals surface area contributed by atoms with E-state index in [2.05, 4.69) is 29.8 Å². The van der Waals surface area contributed by atoms with E-state index in [-0.39, 0.29) is 42.2 Å². The number of esters is 1. The van der Waals surface area contributed by atoms with Crippen LogP contribution in [0.1, 0.15) is 55.1 Å². The number of halogens is 2. The first-order valence-electron chi connectivity index (χ1n) is 13.0. The van der Waals surface area contributed by atoms with Gasteiger partial charge in [-0.25, -0.2) is 9.18 Å². The highest BCUT2D eigenvalue weighted by molar-refractivity contribution is 9.10. The van der Waals surface area contributed by atoms with Crippen LogP contribution in [0.3, 0.4) is 0 Å². The van der Waals surface area contributed by atoms with Gasteiger partial charge in [-0.1, -0.05) is 56.7 Å². The van der Waals surface area contributed by atoms with Crippen molar-refractivity contribution in [2.45, 2.75) is 53.2 Å². The molecule has 1 aliphatic rings. The molecule has 0 N–H and O–H groups in total. The molecule has 0 amide bonds. The van der Waals surface area contributed by atoms with Crippen molar-refractivity contribution in [2.24, 2.45) is 11.8 Å². The third-order valence-electron chi connectivity index (χ3n) is 6.76. The number of fused-ring (bicyclic) bond motifs is 1. The molecule has 0 bridgehead atoms. The van der Waals surface area contributed by atoms with Gasteiger partial charge in [-0.2, -0.15) is 0 Å². The maximum absolute atomic E-state index is 13.9. The Morgan fingerprint density at radius 3 is 2.68 bits per heavy atom. The van der Waals surface area contributed by atoms with E-state index in [1.165, 1.54) is 6.08 Å². The minimum atomic E-state index is -0.733. The van der Waals surface area contributed by atoms with Crippen molar-refractivity contribution < 1.29 is 18.7 Å². The Bertz CT molecular complexity index is 1430. The maximum atomic E-state index is 13.9. The number of ether oxygens (including phenoxy) is 2. The van der Waals surface area contributed by atoms with E-state index in [9.17, 15) is 14.0 Å². The molecule has 0 aliphatic heterocycles. The molecule has 200 valence electrons. The first-order valence-corrected chi connectivity index (χ1v) is 13.7. The average Bonchev–Trinajstić information content (AvgIpc) is 2.92. The predicted octanol–water partition coefficient (Wildman–Crippen LogP) is 6.93. The number of benzene rings is 1. The number of hydrogen-bond donors (Lipinski definition) is 0. The Morgan fingerprint density at radius 1 is 1.26 bits per heavy atom. The topological polar surface area (TPSA) is 70.4 Å². The lowest BCUT2D eigenvalue weighted by Gasteiger charge is -2.22. The molecule has 0 saturated heterocycles. The molecule has 8 heteroatoms. The highest BCUT2D eigenvalue weighted by atomic mass is 79.9. The number of carbonyl (C=O) groups excluding carboxylic acids is 1. The summed E-state index contributed by atoms with van der Waals surface area (Å²) in [6.07, 6.45) is 8.70. The van der Waals surface area contributed by atoms with Gasteiger partial charge in [0.25, 0.3) is 5.56 Å². The van der Waals surface area contributed by atoms with Crippen LogP contribution in [0.4, 0.5) is 4.39 Å². The van der Waals surface area contributed by atoms with Gasteiger partial charge in [-0.05, 0) is 70.8 Å². The molecule has 2 aromatic heterocycles. The minimum absolute atomic E-state index is 0.104. The van der Waals surface area contributed by atoms with E-state index >= 15 is 0 Å². The molecular weight excluding hydrogens is 551 g/mol. The minimum Gasteiger partial charge on any atom is -0.485 e. The summed E-state index contributed by atoms with van der Waals surface area (Å²) in [6.45, 7) is 6.49. The number of aromatic nitrogens is 2. The van der Waals surface area contributed by atoms with E-state index in [0.29, 0.717) is 34.9 Å². The molecule has 2 atom stereocenters. The second kappa shape index (κ2) is 12.5. The van der Waals surface area contributed by atoms with E-state index in [0.717, 1.165) is 17.5 Å². The molecular formula is C30H32BrFN2O4. The molecule has 0 radical (unpaired) electrons. The van der Waals surface area contributed by atoms with Crippen molar-refractivity contribution >= 4 is 32.9 Å². The highest BCUT2D eigenvalue weighted by Crippen LogP contribution is 2.35. The van der Waals surface area contributed by atoms with Crippen LogP contribution in [-0.4, -0.2) is 22.1 Å². The molecule has 0 spiro atoms. The van der Waals surface area contributed by atoms with Crippen molar-refractivity contribution in [1.82, 2.24) is 9.55 Å². The van der Waals surface area contributed by atoms with Gasteiger partial charge in [0.1, 0.15) is 18.0 Å². The number of rotatable bonds is 10. The number of hydrogen-bond acceptors (Lipinski definition) is 5. The monoisotopic (exact) mass is 582 g/mol. The fourth-order valence-corrected chi connectivity index (χ4v) is 5.13. The molecule has 1 aromatic carbocycles. The van der Waals surface area contributed by atoms with Gasteiger partial charge in [0.05, 0.1) is 12.1 Å². The van der Waals surface area contributed by atoms with Gasteiger partial charge in [-0.3, -0.25) is 9.78 Å². The van der Waals surface area contributed by atoms with Crippen LogP contribution in [0, 0.1) is 11.8 Å². The Kier molecular flexibility index (Phi) is 9.15. The molecule has 1 aliphatic carbocycles. The van der Waals surface area contributed by atoms with Gasteiger partial charge in [0.15, 0.2) is 11.3 Å². The van der Waals surface area contributed by atoms with Crippen LogP contribution in [-0.2, 0) is 24.3 Å². The molecule has 0 saturated carbocycles. The molecule has 6 nitrogen and oxygen atoms in total. The summed E-state index contributed by atoms with van der Waals surface area (Å²) < 4.78 is 27.3. The fourth-order valence-electron chi connectivity index (χ4n) is 4.46. The van der Waals surface area contributed by atoms with Gasteiger partial charge < -0.3 is 14.0 Å². The highest BCUT2D eigenvalue weighted by Gasteiger charge is 2.28. The summed E-state index contributed by atoms with van der Waals surface area (Å²) in [5, 5.41) is 0. The first kappa shape index (κ1) is 27.8. The Balaban J connectivity index is 1.90. The summed E-state index contributed by atoms with van der Waals surface area (Å²) >= 11 is 3.75. The standard InChI is InChI=1S/C30H32BrFN2O4/c1-4-19(3)17-34-27-25(31)22(15-20-11-13-23(32)14-12-20)16-33-26(27)28(24(29(34)35)30(36)37-5-2)38-18-21-9-7-6-8-10-21/h6-11,13-14,16,19-20H,4-5,12,15,17-18H2,1-3H3. The number of nitrogens with zero attached hydrogens (tertiary/aromatic N) is 2. The molecule has 2 unspecified atom stereocenters.